The molecule has 0 aliphatic heterocycles. The zero-order chi connectivity index (χ0) is 16.1. The summed E-state index contributed by atoms with van der Waals surface area (Å²) in [6.07, 6.45) is 3.49. The number of benzene rings is 2. The van der Waals surface area contributed by atoms with Crippen molar-refractivity contribution in [3.63, 3.8) is 0 Å². The normalized spacial score (nSPS) is 10.6. The van der Waals surface area contributed by atoms with E-state index in [4.69, 9.17) is 4.74 Å². The maximum atomic E-state index is 11.1. The van der Waals surface area contributed by atoms with Crippen LogP contribution in [0, 0.1) is 0 Å². The molecule has 2 aromatic carbocycles. The SMILES string of the molecule is CC(=O)C(=O)Oc1ccc(C=Cc2cc(O)cc(O)c2)cc1. The van der Waals surface area contributed by atoms with Crippen LogP contribution in [0.3, 0.4) is 0 Å². The van der Waals surface area contributed by atoms with Crippen molar-refractivity contribution in [1.29, 1.82) is 0 Å². The van der Waals surface area contributed by atoms with Crippen molar-refractivity contribution in [3.05, 3.63) is 53.6 Å². The predicted octanol–water partition coefficient (Wildman–Crippen LogP) is 2.76. The lowest BCUT2D eigenvalue weighted by atomic mass is 10.1. The van der Waals surface area contributed by atoms with Crippen LogP contribution >= 0.6 is 0 Å². The van der Waals surface area contributed by atoms with Crippen molar-refractivity contribution in [2.75, 3.05) is 0 Å². The van der Waals surface area contributed by atoms with Gasteiger partial charge in [0, 0.05) is 13.0 Å². The van der Waals surface area contributed by atoms with Crippen LogP contribution in [0.2, 0.25) is 0 Å². The average Bonchev–Trinajstić information content (AvgIpc) is 2.45. The number of ketones is 1. The standard InChI is InChI=1S/C17H14O5/c1-11(18)17(21)22-16-6-4-12(5-7-16)2-3-13-8-14(19)10-15(20)9-13/h2-10,19-20H,1H3. The van der Waals surface area contributed by atoms with Crippen LogP contribution in [0.15, 0.2) is 42.5 Å². The molecule has 0 fully saturated rings. The highest BCUT2D eigenvalue weighted by Crippen LogP contribution is 2.22. The van der Waals surface area contributed by atoms with E-state index in [2.05, 4.69) is 0 Å². The largest absolute Gasteiger partial charge is 0.508 e. The zero-order valence-electron chi connectivity index (χ0n) is 11.8. The zero-order valence-corrected chi connectivity index (χ0v) is 11.8. The number of Topliss-reactive ketones (excluding diaryl/α,β-unsaturated/α-hetero) is 1. The van der Waals surface area contributed by atoms with Crippen molar-refractivity contribution in [2.24, 2.45) is 0 Å². The molecule has 0 heterocycles. The highest BCUT2D eigenvalue weighted by atomic mass is 16.5. The number of phenolic OH excluding ortho intramolecular Hbond substituents is 2. The minimum Gasteiger partial charge on any atom is -0.508 e. The van der Waals surface area contributed by atoms with Crippen LogP contribution in [-0.2, 0) is 9.59 Å². The van der Waals surface area contributed by atoms with E-state index < -0.39 is 11.8 Å². The first-order valence-electron chi connectivity index (χ1n) is 6.48. The topological polar surface area (TPSA) is 83.8 Å². The van der Waals surface area contributed by atoms with Gasteiger partial charge in [-0.05, 0) is 35.4 Å². The van der Waals surface area contributed by atoms with Crippen LogP contribution in [0.4, 0.5) is 0 Å². The Bertz CT molecular complexity index is 709. The third kappa shape index (κ3) is 4.21. The van der Waals surface area contributed by atoms with Gasteiger partial charge in [-0.15, -0.1) is 0 Å². The molecule has 5 heteroatoms. The summed E-state index contributed by atoms with van der Waals surface area (Å²) < 4.78 is 4.85. The summed E-state index contributed by atoms with van der Waals surface area (Å²) in [5.74, 6) is -1.32. The second kappa shape index (κ2) is 6.58. The summed E-state index contributed by atoms with van der Waals surface area (Å²) >= 11 is 0. The number of carbonyl (C=O) groups is 2. The van der Waals surface area contributed by atoms with Crippen molar-refractivity contribution < 1.29 is 24.5 Å². The minimum absolute atomic E-state index is 0.0221. The second-order valence-corrected chi connectivity index (χ2v) is 4.63. The molecule has 0 aliphatic rings. The molecule has 2 rings (SSSR count). The van der Waals surface area contributed by atoms with E-state index in [9.17, 15) is 19.8 Å². The van der Waals surface area contributed by atoms with Crippen LogP contribution < -0.4 is 4.74 Å². The van der Waals surface area contributed by atoms with Gasteiger partial charge in [0.1, 0.15) is 17.2 Å². The Morgan fingerprint density at radius 2 is 1.45 bits per heavy atom. The predicted molar refractivity (Wildman–Crippen MR) is 81.5 cm³/mol. The summed E-state index contributed by atoms with van der Waals surface area (Å²) in [4.78, 5) is 21.9. The third-order valence-corrected chi connectivity index (χ3v) is 2.77. The van der Waals surface area contributed by atoms with Crippen molar-refractivity contribution >= 4 is 23.9 Å². The van der Waals surface area contributed by atoms with Crippen molar-refractivity contribution in [3.8, 4) is 17.2 Å². The number of rotatable bonds is 4. The fourth-order valence-electron chi connectivity index (χ4n) is 1.73. The highest BCUT2D eigenvalue weighted by molar-refractivity contribution is 6.33. The lowest BCUT2D eigenvalue weighted by molar-refractivity contribution is -0.146. The second-order valence-electron chi connectivity index (χ2n) is 4.63. The van der Waals surface area contributed by atoms with Crippen LogP contribution in [0.5, 0.6) is 17.2 Å². The number of esters is 1. The molecule has 0 radical (unpaired) electrons. The molecule has 0 aliphatic carbocycles. The van der Waals surface area contributed by atoms with Gasteiger partial charge in [-0.1, -0.05) is 24.3 Å². The maximum absolute atomic E-state index is 11.1. The molecule has 0 saturated heterocycles. The Labute approximate surface area is 127 Å². The van der Waals surface area contributed by atoms with Crippen LogP contribution in [-0.4, -0.2) is 22.0 Å². The molecule has 0 amide bonds. The number of ether oxygens (including phenoxy) is 1. The Hall–Kier alpha value is -3.08. The van der Waals surface area contributed by atoms with Gasteiger partial charge in [0.15, 0.2) is 0 Å². The molecule has 0 saturated carbocycles. The summed E-state index contributed by atoms with van der Waals surface area (Å²) in [6, 6.07) is 10.8. The van der Waals surface area contributed by atoms with E-state index >= 15 is 0 Å². The van der Waals surface area contributed by atoms with Crippen molar-refractivity contribution in [2.45, 2.75) is 6.92 Å². The molecule has 0 bridgehead atoms. The van der Waals surface area contributed by atoms with Gasteiger partial charge in [-0.25, -0.2) is 4.79 Å². The quantitative estimate of drug-likeness (QED) is 0.392. The monoisotopic (exact) mass is 298 g/mol. The fourth-order valence-corrected chi connectivity index (χ4v) is 1.73. The van der Waals surface area contributed by atoms with Gasteiger partial charge in [-0.3, -0.25) is 4.79 Å². The highest BCUT2D eigenvalue weighted by Gasteiger charge is 2.09. The molecule has 2 N–H and O–H groups in total. The smallest absolute Gasteiger partial charge is 0.379 e. The van der Waals surface area contributed by atoms with E-state index in [0.29, 0.717) is 5.56 Å². The van der Waals surface area contributed by atoms with E-state index in [1.807, 2.05) is 0 Å². The lowest BCUT2D eigenvalue weighted by Crippen LogP contribution is -2.16. The molecule has 22 heavy (non-hydrogen) atoms. The molecule has 0 spiro atoms. The first-order valence-corrected chi connectivity index (χ1v) is 6.48. The summed E-state index contributed by atoms with van der Waals surface area (Å²) in [5, 5.41) is 18.8. The third-order valence-electron chi connectivity index (χ3n) is 2.77. The molecule has 0 atom stereocenters. The molecular weight excluding hydrogens is 284 g/mol. The number of aromatic hydroxyl groups is 2. The first-order chi connectivity index (χ1) is 10.4. The van der Waals surface area contributed by atoms with Crippen LogP contribution in [0.25, 0.3) is 12.2 Å². The Morgan fingerprint density at radius 1 is 0.909 bits per heavy atom. The number of hydrogen-bond acceptors (Lipinski definition) is 5. The van der Waals surface area contributed by atoms with Gasteiger partial charge in [0.05, 0.1) is 0 Å². The summed E-state index contributed by atoms with van der Waals surface area (Å²) in [7, 11) is 0. The lowest BCUT2D eigenvalue weighted by Gasteiger charge is -2.02. The van der Waals surface area contributed by atoms with Gasteiger partial charge in [-0.2, -0.15) is 0 Å². The van der Waals surface area contributed by atoms with E-state index in [-0.39, 0.29) is 17.2 Å². The molecule has 112 valence electrons. The van der Waals surface area contributed by atoms with E-state index in [1.165, 1.54) is 18.2 Å². The van der Waals surface area contributed by atoms with Gasteiger partial charge in [0.25, 0.3) is 0 Å². The molecule has 0 unspecified atom stereocenters. The van der Waals surface area contributed by atoms with E-state index in [0.717, 1.165) is 12.5 Å². The first kappa shape index (κ1) is 15.3. The average molecular weight is 298 g/mol. The molecule has 0 aromatic heterocycles. The molecule has 2 aromatic rings. The van der Waals surface area contributed by atoms with Gasteiger partial charge < -0.3 is 14.9 Å². The number of hydrogen-bond donors (Lipinski definition) is 2. The van der Waals surface area contributed by atoms with Crippen LogP contribution in [0.1, 0.15) is 18.1 Å². The van der Waals surface area contributed by atoms with E-state index in [1.54, 1.807) is 36.4 Å². The minimum atomic E-state index is -0.904. The van der Waals surface area contributed by atoms with Gasteiger partial charge in [0.2, 0.25) is 5.78 Å². The molecular formula is C17H14O5. The Morgan fingerprint density at radius 3 is 2.00 bits per heavy atom. The fraction of sp³-hybridized carbons (Fsp3) is 0.0588. The number of carbonyl (C=O) groups excluding carboxylic acids is 2. The van der Waals surface area contributed by atoms with Gasteiger partial charge >= 0.3 is 5.97 Å². The maximum Gasteiger partial charge on any atom is 0.379 e. The molecule has 5 nitrogen and oxygen atoms in total. The summed E-state index contributed by atoms with van der Waals surface area (Å²) in [6.45, 7) is 1.14. The number of phenols is 2. The summed E-state index contributed by atoms with van der Waals surface area (Å²) in [5.41, 5.74) is 1.47. The van der Waals surface area contributed by atoms with Crippen molar-refractivity contribution in [1.82, 2.24) is 0 Å². The Balaban J connectivity index is 2.09. The Kier molecular flexibility index (Phi) is 4.58.